The number of halogens is 2. The van der Waals surface area contributed by atoms with Crippen molar-refractivity contribution in [3.05, 3.63) is 95.3 Å². The second-order valence-corrected chi connectivity index (χ2v) is 11.0. The number of hydrogen-bond acceptors (Lipinski definition) is 6. The van der Waals surface area contributed by atoms with Crippen LogP contribution in [0, 0.1) is 11.6 Å². The molecule has 1 aliphatic rings. The van der Waals surface area contributed by atoms with E-state index in [4.69, 9.17) is 10.2 Å². The molecule has 2 amide bonds. The van der Waals surface area contributed by atoms with Gasteiger partial charge in [-0.1, -0.05) is 36.4 Å². The molecule has 0 aliphatic carbocycles. The Morgan fingerprint density at radius 3 is 2.36 bits per heavy atom. The van der Waals surface area contributed by atoms with Crippen LogP contribution in [0.25, 0.3) is 11.0 Å². The molecule has 1 fully saturated rings. The number of hydrogen-bond donors (Lipinski definition) is 2. The minimum atomic E-state index is -3.91. The highest BCUT2D eigenvalue weighted by Gasteiger charge is 2.29. The second kappa shape index (κ2) is 10.6. The third kappa shape index (κ3) is 5.39. The van der Waals surface area contributed by atoms with Crippen LogP contribution in [0.2, 0.25) is 0 Å². The molecule has 0 unspecified atom stereocenters. The third-order valence-electron chi connectivity index (χ3n) is 6.49. The van der Waals surface area contributed by atoms with Gasteiger partial charge in [-0.25, -0.2) is 17.2 Å². The normalized spacial score (nSPS) is 14.9. The molecule has 0 spiro atoms. The SMILES string of the molecule is NC(=O)c1oc2c(F)cc(F)cc2c1NC(=O)c1cccc(S(=O)(=O)N2CCN(Cc3ccccc3)CC2)c1. The number of piperazine rings is 1. The molecular formula is C27H24F2N4O5S. The van der Waals surface area contributed by atoms with Crippen LogP contribution < -0.4 is 11.1 Å². The Hall–Kier alpha value is -4.13. The first-order valence-corrected chi connectivity index (χ1v) is 13.5. The highest BCUT2D eigenvalue weighted by molar-refractivity contribution is 7.89. The van der Waals surface area contributed by atoms with E-state index in [-0.39, 0.29) is 34.6 Å². The minimum Gasteiger partial charge on any atom is -0.446 e. The maximum atomic E-state index is 14.2. The first-order chi connectivity index (χ1) is 18.6. The Morgan fingerprint density at radius 1 is 0.949 bits per heavy atom. The third-order valence-corrected chi connectivity index (χ3v) is 8.38. The molecule has 39 heavy (non-hydrogen) atoms. The van der Waals surface area contributed by atoms with Crippen LogP contribution in [0.4, 0.5) is 14.5 Å². The van der Waals surface area contributed by atoms with Crippen LogP contribution in [-0.2, 0) is 16.6 Å². The van der Waals surface area contributed by atoms with Crippen molar-refractivity contribution in [2.75, 3.05) is 31.5 Å². The Bertz CT molecular complexity index is 1670. The molecule has 3 aromatic carbocycles. The summed E-state index contributed by atoms with van der Waals surface area (Å²) in [7, 11) is -3.91. The molecule has 1 aliphatic heterocycles. The minimum absolute atomic E-state index is 0.0552. The van der Waals surface area contributed by atoms with Crippen molar-refractivity contribution in [1.29, 1.82) is 0 Å². The molecule has 2 heterocycles. The van der Waals surface area contributed by atoms with Gasteiger partial charge in [-0.05, 0) is 29.8 Å². The number of nitrogens with zero attached hydrogens (tertiary/aromatic N) is 2. The average molecular weight is 555 g/mol. The van der Waals surface area contributed by atoms with Crippen molar-refractivity contribution in [3.63, 3.8) is 0 Å². The highest BCUT2D eigenvalue weighted by atomic mass is 32.2. The zero-order valence-electron chi connectivity index (χ0n) is 20.6. The summed E-state index contributed by atoms with van der Waals surface area (Å²) in [5, 5.41) is 2.19. The van der Waals surface area contributed by atoms with Gasteiger partial charge in [0.2, 0.25) is 15.8 Å². The van der Waals surface area contributed by atoms with Crippen molar-refractivity contribution in [3.8, 4) is 0 Å². The van der Waals surface area contributed by atoms with E-state index in [0.717, 1.165) is 11.6 Å². The maximum Gasteiger partial charge on any atom is 0.286 e. The fourth-order valence-corrected chi connectivity index (χ4v) is 5.99. The number of rotatable bonds is 7. The van der Waals surface area contributed by atoms with Crippen LogP contribution in [-0.4, -0.2) is 55.6 Å². The van der Waals surface area contributed by atoms with Crippen LogP contribution in [0.3, 0.4) is 0 Å². The number of fused-ring (bicyclic) bond motifs is 1. The number of amides is 2. The van der Waals surface area contributed by atoms with Gasteiger partial charge < -0.3 is 15.5 Å². The zero-order chi connectivity index (χ0) is 27.7. The Balaban J connectivity index is 1.34. The topological polar surface area (TPSA) is 126 Å². The lowest BCUT2D eigenvalue weighted by molar-refractivity contribution is 0.0977. The number of nitrogens with two attached hydrogens (primary N) is 1. The lowest BCUT2D eigenvalue weighted by Gasteiger charge is -2.34. The fraction of sp³-hybridized carbons (Fsp3) is 0.185. The van der Waals surface area contributed by atoms with Gasteiger partial charge in [-0.15, -0.1) is 0 Å². The predicted molar refractivity (Wildman–Crippen MR) is 140 cm³/mol. The van der Waals surface area contributed by atoms with E-state index in [0.29, 0.717) is 25.7 Å². The molecule has 3 N–H and O–H groups in total. The summed E-state index contributed by atoms with van der Waals surface area (Å²) in [5.41, 5.74) is 5.62. The van der Waals surface area contributed by atoms with Crippen molar-refractivity contribution in [1.82, 2.24) is 9.21 Å². The molecule has 5 rings (SSSR count). The summed E-state index contributed by atoms with van der Waals surface area (Å²) in [6.45, 7) is 2.38. The van der Waals surface area contributed by atoms with Gasteiger partial charge in [0.25, 0.3) is 11.8 Å². The second-order valence-electron chi connectivity index (χ2n) is 9.08. The molecule has 4 aromatic rings. The summed E-state index contributed by atoms with van der Waals surface area (Å²) in [5.74, 6) is -4.53. The summed E-state index contributed by atoms with van der Waals surface area (Å²) in [6.07, 6.45) is 0. The molecular weight excluding hydrogens is 530 g/mol. The van der Waals surface area contributed by atoms with Gasteiger partial charge in [0.05, 0.1) is 10.3 Å². The van der Waals surface area contributed by atoms with Crippen molar-refractivity contribution in [2.24, 2.45) is 5.73 Å². The van der Waals surface area contributed by atoms with E-state index >= 15 is 0 Å². The predicted octanol–water partition coefficient (Wildman–Crippen LogP) is 3.57. The van der Waals surface area contributed by atoms with E-state index in [1.54, 1.807) is 0 Å². The van der Waals surface area contributed by atoms with Crippen LogP contribution >= 0.6 is 0 Å². The Labute approximate surface area is 222 Å². The molecule has 1 saturated heterocycles. The van der Waals surface area contributed by atoms with Crippen LogP contribution in [0.15, 0.2) is 76.0 Å². The summed E-state index contributed by atoms with van der Waals surface area (Å²) >= 11 is 0. The van der Waals surface area contributed by atoms with Crippen molar-refractivity contribution >= 4 is 38.5 Å². The smallest absolute Gasteiger partial charge is 0.286 e. The number of nitrogens with one attached hydrogen (secondary N) is 1. The van der Waals surface area contributed by atoms with E-state index in [1.807, 2.05) is 30.3 Å². The average Bonchev–Trinajstić information content (AvgIpc) is 3.28. The van der Waals surface area contributed by atoms with E-state index in [9.17, 15) is 26.8 Å². The quantitative estimate of drug-likeness (QED) is 0.360. The van der Waals surface area contributed by atoms with E-state index in [1.165, 1.54) is 28.6 Å². The number of carbonyl (C=O) groups excluding carboxylic acids is 2. The molecule has 0 bridgehead atoms. The number of furan rings is 1. The number of benzene rings is 3. The summed E-state index contributed by atoms with van der Waals surface area (Å²) in [4.78, 5) is 27.0. The zero-order valence-corrected chi connectivity index (χ0v) is 21.4. The molecule has 202 valence electrons. The van der Waals surface area contributed by atoms with Gasteiger partial charge in [-0.3, -0.25) is 14.5 Å². The van der Waals surface area contributed by atoms with Gasteiger partial charge >= 0.3 is 0 Å². The first kappa shape index (κ1) is 26.5. The van der Waals surface area contributed by atoms with E-state index in [2.05, 4.69) is 10.2 Å². The summed E-state index contributed by atoms with van der Waals surface area (Å²) in [6, 6.07) is 16.7. The van der Waals surface area contributed by atoms with Crippen LogP contribution in [0.1, 0.15) is 26.5 Å². The summed E-state index contributed by atoms with van der Waals surface area (Å²) < 4.78 is 61.3. The first-order valence-electron chi connectivity index (χ1n) is 12.0. The number of sulfonamides is 1. The largest absolute Gasteiger partial charge is 0.446 e. The number of primary amides is 1. The molecule has 0 radical (unpaired) electrons. The molecule has 12 heteroatoms. The number of anilines is 1. The van der Waals surface area contributed by atoms with E-state index < -0.39 is 44.8 Å². The monoisotopic (exact) mass is 554 g/mol. The van der Waals surface area contributed by atoms with Gasteiger partial charge in [0, 0.05) is 44.4 Å². The molecule has 1 aromatic heterocycles. The van der Waals surface area contributed by atoms with Crippen LogP contribution in [0.5, 0.6) is 0 Å². The lowest BCUT2D eigenvalue weighted by atomic mass is 10.1. The standard InChI is InChI=1S/C27H24F2N4O5S/c28-19-14-21-23(25(26(30)34)38-24(21)22(29)15-19)31-27(35)18-7-4-8-20(13-18)39(36,37)33-11-9-32(10-12-33)16-17-5-2-1-3-6-17/h1-8,13-15H,9-12,16H2,(H2,30,34)(H,31,35). The Kier molecular flexibility index (Phi) is 7.17. The van der Waals surface area contributed by atoms with Crippen molar-refractivity contribution < 1.29 is 31.2 Å². The Morgan fingerprint density at radius 2 is 1.67 bits per heavy atom. The van der Waals surface area contributed by atoms with Gasteiger partial charge in [0.1, 0.15) is 11.5 Å². The van der Waals surface area contributed by atoms with Gasteiger partial charge in [-0.2, -0.15) is 4.31 Å². The molecule has 9 nitrogen and oxygen atoms in total. The lowest BCUT2D eigenvalue weighted by Crippen LogP contribution is -2.48. The van der Waals surface area contributed by atoms with Crippen molar-refractivity contribution in [2.45, 2.75) is 11.4 Å². The number of carbonyl (C=O) groups is 2. The molecule has 0 saturated carbocycles. The molecule has 0 atom stereocenters. The fourth-order valence-electron chi connectivity index (χ4n) is 4.52. The highest BCUT2D eigenvalue weighted by Crippen LogP contribution is 2.33. The van der Waals surface area contributed by atoms with Gasteiger partial charge in [0.15, 0.2) is 11.4 Å². The maximum absolute atomic E-state index is 14.2.